The molecule has 10 heteroatoms. The predicted molar refractivity (Wildman–Crippen MR) is 41.3 cm³/mol. The second-order valence-corrected chi connectivity index (χ2v) is 3.38. The zero-order valence-corrected chi connectivity index (χ0v) is 8.54. The molecule has 0 unspecified atom stereocenters. The molecule has 0 amide bonds. The van der Waals surface area contributed by atoms with Gasteiger partial charge in [0.1, 0.15) is 11.1 Å². The van der Waals surface area contributed by atoms with Crippen LogP contribution in [0.5, 0.6) is 0 Å². The molecule has 0 aliphatic carbocycles. The maximum atomic E-state index is 13.0. The summed E-state index contributed by atoms with van der Waals surface area (Å²) in [4.78, 5) is 0. The Balaban J connectivity index is 3.79. The van der Waals surface area contributed by atoms with Gasteiger partial charge in [-0.05, 0) is 0 Å². The highest BCUT2D eigenvalue weighted by Crippen LogP contribution is 2.44. The van der Waals surface area contributed by atoms with E-state index < -0.39 is 46.0 Å². The first-order chi connectivity index (χ1) is 7.89. The van der Waals surface area contributed by atoms with Crippen LogP contribution in [0, 0.1) is 17.5 Å². The first-order valence-electron chi connectivity index (χ1n) is 3.89. The molecule has 0 bridgehead atoms. The Bertz CT molecular complexity index is 411. The Labute approximate surface area is 98.0 Å². The van der Waals surface area contributed by atoms with Crippen molar-refractivity contribution in [1.29, 1.82) is 0 Å². The predicted octanol–water partition coefficient (Wildman–Crippen LogP) is 4.79. The van der Waals surface area contributed by atoms with Gasteiger partial charge in [-0.1, -0.05) is 11.6 Å². The molecule has 0 aliphatic rings. The van der Waals surface area contributed by atoms with E-state index in [1.807, 2.05) is 0 Å². The zero-order chi connectivity index (χ0) is 14.5. The van der Waals surface area contributed by atoms with Gasteiger partial charge in [-0.3, -0.25) is 0 Å². The molecule has 1 aromatic rings. The van der Waals surface area contributed by atoms with Crippen LogP contribution >= 0.6 is 11.6 Å². The molecule has 0 saturated carbocycles. The van der Waals surface area contributed by atoms with Gasteiger partial charge in [-0.2, -0.15) is 26.3 Å². The summed E-state index contributed by atoms with van der Waals surface area (Å²) in [7, 11) is 0. The third-order valence-electron chi connectivity index (χ3n) is 1.83. The molecule has 0 heterocycles. The number of halogens is 10. The highest BCUT2D eigenvalue weighted by molar-refractivity contribution is 6.31. The number of benzene rings is 1. The maximum Gasteiger partial charge on any atom is 0.422 e. The van der Waals surface area contributed by atoms with Crippen LogP contribution in [0.25, 0.3) is 0 Å². The number of alkyl halides is 6. The average Bonchev–Trinajstić information content (AvgIpc) is 2.10. The fourth-order valence-electron chi connectivity index (χ4n) is 1.13. The van der Waals surface area contributed by atoms with E-state index in [1.54, 1.807) is 0 Å². The molecular weight excluding hydrogens is 303 g/mol. The minimum Gasteiger partial charge on any atom is -0.205 e. The molecule has 0 aromatic heterocycles. The molecule has 0 spiro atoms. The highest BCUT2D eigenvalue weighted by Gasteiger charge is 2.47. The molecular formula is C8ClF9. The smallest absolute Gasteiger partial charge is 0.205 e. The molecule has 0 fully saturated rings. The van der Waals surface area contributed by atoms with E-state index >= 15 is 0 Å². The van der Waals surface area contributed by atoms with E-state index in [-0.39, 0.29) is 0 Å². The van der Waals surface area contributed by atoms with E-state index in [1.165, 1.54) is 0 Å². The van der Waals surface area contributed by atoms with Gasteiger partial charge in [0.05, 0.1) is 5.02 Å². The third kappa shape index (κ3) is 2.36. The van der Waals surface area contributed by atoms with Crippen molar-refractivity contribution in [3.63, 3.8) is 0 Å². The summed E-state index contributed by atoms with van der Waals surface area (Å²) in [5, 5.41) is -2.17. The van der Waals surface area contributed by atoms with Crippen LogP contribution in [-0.2, 0) is 12.4 Å². The van der Waals surface area contributed by atoms with Crippen molar-refractivity contribution in [2.75, 3.05) is 0 Å². The Morgan fingerprint density at radius 1 is 0.611 bits per heavy atom. The van der Waals surface area contributed by atoms with Crippen LogP contribution in [0.4, 0.5) is 39.5 Å². The molecule has 0 N–H and O–H groups in total. The van der Waals surface area contributed by atoms with Crippen molar-refractivity contribution >= 4 is 11.6 Å². The quantitative estimate of drug-likeness (QED) is 0.477. The van der Waals surface area contributed by atoms with E-state index in [4.69, 9.17) is 0 Å². The fourth-order valence-corrected chi connectivity index (χ4v) is 1.41. The molecule has 1 aromatic carbocycles. The first kappa shape index (κ1) is 14.9. The van der Waals surface area contributed by atoms with Crippen molar-refractivity contribution in [3.05, 3.63) is 33.6 Å². The van der Waals surface area contributed by atoms with Crippen LogP contribution in [0.3, 0.4) is 0 Å². The molecule has 0 nitrogen and oxygen atoms in total. The minimum absolute atomic E-state index is 2.17. The summed E-state index contributed by atoms with van der Waals surface area (Å²) in [6.07, 6.45) is -11.4. The Morgan fingerprint density at radius 3 is 1.28 bits per heavy atom. The van der Waals surface area contributed by atoms with Gasteiger partial charge in [0.2, 0.25) is 0 Å². The van der Waals surface area contributed by atoms with Crippen LogP contribution < -0.4 is 0 Å². The lowest BCUT2D eigenvalue weighted by atomic mass is 10.1. The monoisotopic (exact) mass is 302 g/mol. The second kappa shape index (κ2) is 4.22. The highest BCUT2D eigenvalue weighted by atomic mass is 35.5. The van der Waals surface area contributed by atoms with Crippen LogP contribution in [0.1, 0.15) is 11.1 Å². The van der Waals surface area contributed by atoms with Crippen LogP contribution in [0.15, 0.2) is 0 Å². The number of hydrogen-bond donors (Lipinski definition) is 0. The molecule has 0 atom stereocenters. The summed E-state index contributed by atoms with van der Waals surface area (Å²) in [6.45, 7) is 0. The van der Waals surface area contributed by atoms with Gasteiger partial charge in [0.25, 0.3) is 0 Å². The topological polar surface area (TPSA) is 0 Å². The molecule has 0 radical (unpaired) electrons. The molecule has 18 heavy (non-hydrogen) atoms. The molecule has 0 aliphatic heterocycles. The van der Waals surface area contributed by atoms with Crippen molar-refractivity contribution in [3.8, 4) is 0 Å². The maximum absolute atomic E-state index is 13.0. The molecule has 1 rings (SSSR count). The molecule has 102 valence electrons. The number of rotatable bonds is 0. The zero-order valence-electron chi connectivity index (χ0n) is 7.78. The summed E-state index contributed by atoms with van der Waals surface area (Å²) in [5.74, 6) is -8.60. The normalized spacial score (nSPS) is 13.0. The minimum atomic E-state index is -5.72. The van der Waals surface area contributed by atoms with E-state index in [0.717, 1.165) is 0 Å². The van der Waals surface area contributed by atoms with Crippen molar-refractivity contribution in [2.45, 2.75) is 12.4 Å². The third-order valence-corrected chi connectivity index (χ3v) is 2.19. The van der Waals surface area contributed by atoms with Crippen molar-refractivity contribution in [2.24, 2.45) is 0 Å². The van der Waals surface area contributed by atoms with Gasteiger partial charge in [-0.25, -0.2) is 13.2 Å². The lowest BCUT2D eigenvalue weighted by Crippen LogP contribution is -2.19. The van der Waals surface area contributed by atoms with E-state index in [2.05, 4.69) is 11.6 Å². The standard InChI is InChI=1S/C8ClF9/c9-3-1(7(13,14)15)5(11)6(12)2(4(3)10)8(16,17)18. The summed E-state index contributed by atoms with van der Waals surface area (Å²) >= 11 is 4.66. The summed E-state index contributed by atoms with van der Waals surface area (Å²) in [5.41, 5.74) is -5.43. The first-order valence-corrected chi connectivity index (χ1v) is 4.27. The Kier molecular flexibility index (Phi) is 3.50. The van der Waals surface area contributed by atoms with Gasteiger partial charge in [0.15, 0.2) is 17.5 Å². The van der Waals surface area contributed by atoms with Gasteiger partial charge in [-0.15, -0.1) is 0 Å². The Hall–Kier alpha value is -1.12. The summed E-state index contributed by atoms with van der Waals surface area (Å²) in [6, 6.07) is 0. The average molecular weight is 303 g/mol. The van der Waals surface area contributed by atoms with Gasteiger partial charge >= 0.3 is 12.4 Å². The largest absolute Gasteiger partial charge is 0.422 e. The lowest BCUT2D eigenvalue weighted by molar-refractivity contribution is -0.147. The Morgan fingerprint density at radius 2 is 0.944 bits per heavy atom. The fraction of sp³-hybridized carbons (Fsp3) is 0.250. The number of hydrogen-bond acceptors (Lipinski definition) is 0. The second-order valence-electron chi connectivity index (χ2n) is 3.00. The van der Waals surface area contributed by atoms with Crippen LogP contribution in [0.2, 0.25) is 5.02 Å². The van der Waals surface area contributed by atoms with Crippen molar-refractivity contribution < 1.29 is 39.5 Å². The summed E-state index contributed by atoms with van der Waals surface area (Å²) < 4.78 is 111. The SMILES string of the molecule is Fc1c(F)c(C(F)(F)F)c(Cl)c(F)c1C(F)(F)F. The van der Waals surface area contributed by atoms with Gasteiger partial charge < -0.3 is 0 Å². The van der Waals surface area contributed by atoms with E-state index in [0.29, 0.717) is 0 Å². The van der Waals surface area contributed by atoms with E-state index in [9.17, 15) is 39.5 Å². The van der Waals surface area contributed by atoms with Crippen LogP contribution in [-0.4, -0.2) is 0 Å². The lowest BCUT2D eigenvalue weighted by Gasteiger charge is -2.16. The molecule has 0 saturated heterocycles. The van der Waals surface area contributed by atoms with Gasteiger partial charge in [0, 0.05) is 0 Å². The van der Waals surface area contributed by atoms with Crippen molar-refractivity contribution in [1.82, 2.24) is 0 Å².